The van der Waals surface area contributed by atoms with E-state index < -0.39 is 0 Å². The van der Waals surface area contributed by atoms with Gasteiger partial charge in [0.25, 0.3) is 0 Å². The normalized spacial score (nSPS) is 12.9. The van der Waals surface area contributed by atoms with E-state index in [1.807, 2.05) is 13.8 Å². The van der Waals surface area contributed by atoms with Crippen molar-refractivity contribution in [2.24, 2.45) is 0 Å². The lowest BCUT2D eigenvalue weighted by Gasteiger charge is -2.30. The van der Waals surface area contributed by atoms with Crippen LogP contribution in [0.1, 0.15) is 79.4 Å². The van der Waals surface area contributed by atoms with Gasteiger partial charge in [0, 0.05) is 11.5 Å². The Balaban J connectivity index is 0.00000379. The van der Waals surface area contributed by atoms with E-state index in [0.29, 0.717) is 0 Å². The summed E-state index contributed by atoms with van der Waals surface area (Å²) < 4.78 is 5.79. The van der Waals surface area contributed by atoms with E-state index in [1.54, 1.807) is 7.11 Å². The van der Waals surface area contributed by atoms with Crippen LogP contribution in [-0.2, 0) is 0 Å². The zero-order chi connectivity index (χ0) is 22.9. The fraction of sp³-hybridized carbons (Fsp3) is 0.429. The van der Waals surface area contributed by atoms with Crippen LogP contribution in [0.3, 0.4) is 0 Å². The molecule has 0 heterocycles. The van der Waals surface area contributed by atoms with E-state index in [-0.39, 0.29) is 5.92 Å². The lowest BCUT2D eigenvalue weighted by molar-refractivity contribution is 0.408. The van der Waals surface area contributed by atoms with Gasteiger partial charge in [-0.1, -0.05) is 67.5 Å². The number of hydrogen-bond donors (Lipinski definition) is 0. The van der Waals surface area contributed by atoms with Crippen LogP contribution < -0.4 is 4.74 Å². The maximum absolute atomic E-state index is 5.79. The molecule has 0 saturated heterocycles. The molecule has 0 aromatic heterocycles. The molecule has 1 rings (SSSR count). The highest BCUT2D eigenvalue weighted by molar-refractivity contribution is 5.59. The Bertz CT molecular complexity index is 824. The van der Waals surface area contributed by atoms with Gasteiger partial charge >= 0.3 is 0 Å². The fourth-order valence-electron chi connectivity index (χ4n) is 3.69. The molecule has 1 heteroatoms. The number of hydrogen-bond acceptors (Lipinski definition) is 1. The smallest absolute Gasteiger partial charge is 0.123 e. The van der Waals surface area contributed by atoms with E-state index in [2.05, 4.69) is 92.8 Å². The Labute approximate surface area is 180 Å². The third-order valence-corrected chi connectivity index (χ3v) is 5.16. The molecule has 1 atom stereocenters. The predicted octanol–water partition coefficient (Wildman–Crippen LogP) is 8.88. The second-order valence-corrected chi connectivity index (χ2v) is 7.66. The zero-order valence-corrected chi connectivity index (χ0v) is 20.7. The summed E-state index contributed by atoms with van der Waals surface area (Å²) in [7, 11) is 1.74. The molecule has 0 spiro atoms. The summed E-state index contributed by atoms with van der Waals surface area (Å²) in [6.07, 6.45) is 2.16. The number of aryl methyl sites for hydroxylation is 1. The summed E-state index contributed by atoms with van der Waals surface area (Å²) in [4.78, 5) is 0. The van der Waals surface area contributed by atoms with Crippen LogP contribution in [0, 0.1) is 6.92 Å². The minimum atomic E-state index is 0.0375. The Morgan fingerprint density at radius 1 is 0.931 bits per heavy atom. The second kappa shape index (κ2) is 12.3. The average molecular weight is 395 g/mol. The van der Waals surface area contributed by atoms with Crippen LogP contribution in [0.4, 0.5) is 0 Å². The Morgan fingerprint density at radius 3 is 1.83 bits per heavy atom. The van der Waals surface area contributed by atoms with Crippen molar-refractivity contribution in [3.8, 4) is 5.75 Å². The molecule has 29 heavy (non-hydrogen) atoms. The molecule has 0 saturated carbocycles. The van der Waals surface area contributed by atoms with Crippen LogP contribution in [0.5, 0.6) is 5.75 Å². The van der Waals surface area contributed by atoms with Crippen molar-refractivity contribution in [2.75, 3.05) is 7.11 Å². The van der Waals surface area contributed by atoms with Gasteiger partial charge in [-0.3, -0.25) is 0 Å². The molecule has 0 aliphatic heterocycles. The van der Waals surface area contributed by atoms with Crippen LogP contribution >= 0.6 is 0 Å². The Kier molecular flexibility index (Phi) is 11.3. The molecule has 1 aromatic carbocycles. The molecule has 1 nitrogen and oxygen atoms in total. The molecule has 0 fully saturated rings. The molecular weight excluding hydrogens is 352 g/mol. The van der Waals surface area contributed by atoms with Crippen molar-refractivity contribution in [3.63, 3.8) is 0 Å². The van der Waals surface area contributed by atoms with Crippen molar-refractivity contribution < 1.29 is 4.74 Å². The molecule has 1 unspecified atom stereocenters. The third kappa shape index (κ3) is 6.63. The first-order valence-electron chi connectivity index (χ1n) is 10.5. The lowest BCUT2D eigenvalue weighted by atomic mass is 9.75. The number of methoxy groups -OCH3 is 1. The molecule has 0 aliphatic carbocycles. The number of ether oxygens (including phenoxy) is 1. The van der Waals surface area contributed by atoms with E-state index in [0.717, 1.165) is 22.5 Å². The van der Waals surface area contributed by atoms with Gasteiger partial charge < -0.3 is 4.74 Å². The topological polar surface area (TPSA) is 9.23 Å². The number of benzene rings is 1. The molecule has 0 N–H and O–H groups in total. The second-order valence-electron chi connectivity index (χ2n) is 7.66. The summed E-state index contributed by atoms with van der Waals surface area (Å²) in [5.41, 5.74) is 10.8. The van der Waals surface area contributed by atoms with Crippen LogP contribution in [0.2, 0.25) is 0 Å². The molecule has 0 bridgehead atoms. The minimum absolute atomic E-state index is 0.0375. The van der Waals surface area contributed by atoms with Gasteiger partial charge in [0.05, 0.1) is 7.11 Å². The average Bonchev–Trinajstić information content (AvgIpc) is 2.67. The molecule has 0 aliphatic rings. The van der Waals surface area contributed by atoms with E-state index in [1.165, 1.54) is 33.4 Å². The number of rotatable bonds is 7. The minimum Gasteiger partial charge on any atom is -0.496 e. The molecular formula is C28H42O. The highest BCUT2D eigenvalue weighted by atomic mass is 16.5. The first-order chi connectivity index (χ1) is 13.6. The van der Waals surface area contributed by atoms with Crippen molar-refractivity contribution in [2.45, 2.75) is 75.2 Å². The van der Waals surface area contributed by atoms with Gasteiger partial charge in [-0.25, -0.2) is 0 Å². The Morgan fingerprint density at radius 2 is 1.45 bits per heavy atom. The van der Waals surface area contributed by atoms with Gasteiger partial charge in [-0.05, 0) is 83.7 Å². The first-order valence-corrected chi connectivity index (χ1v) is 10.5. The fourth-order valence-corrected chi connectivity index (χ4v) is 3.69. The van der Waals surface area contributed by atoms with Crippen molar-refractivity contribution in [3.05, 3.63) is 87.6 Å². The quantitative estimate of drug-likeness (QED) is 0.419. The zero-order valence-electron chi connectivity index (χ0n) is 20.7. The largest absolute Gasteiger partial charge is 0.496 e. The van der Waals surface area contributed by atoms with Crippen LogP contribution in [0.15, 0.2) is 76.4 Å². The lowest BCUT2D eigenvalue weighted by Crippen LogP contribution is -2.13. The van der Waals surface area contributed by atoms with Gasteiger partial charge in [-0.2, -0.15) is 0 Å². The SMILES string of the molecule is C=C(C)C(=C(C)C)C(/C(C(=C)C)=C(C)/C(C)=C\C)c1ccc(C)cc1OC.CC. The summed E-state index contributed by atoms with van der Waals surface area (Å²) in [6, 6.07) is 6.45. The number of allylic oxidation sites excluding steroid dienone is 8. The predicted molar refractivity (Wildman–Crippen MR) is 132 cm³/mol. The molecule has 0 amide bonds. The monoisotopic (exact) mass is 394 g/mol. The van der Waals surface area contributed by atoms with Gasteiger partial charge in [-0.15, -0.1) is 0 Å². The van der Waals surface area contributed by atoms with Crippen molar-refractivity contribution in [1.29, 1.82) is 0 Å². The molecule has 160 valence electrons. The van der Waals surface area contributed by atoms with Crippen LogP contribution in [-0.4, -0.2) is 7.11 Å². The van der Waals surface area contributed by atoms with Gasteiger partial charge in [0.15, 0.2) is 0 Å². The standard InChI is InChI=1S/C26H36O.C2H6/c1-12-20(9)21(10)25(18(6)7)26(24(16(2)3)17(4)5)22-14-13-19(8)15-23(22)27-11;1-2/h12-15,26H,2,6H2,1,3-5,7-11H3;1-2H3/b20-12-,25-21+;. The first kappa shape index (κ1) is 26.7. The third-order valence-electron chi connectivity index (χ3n) is 5.16. The molecule has 1 aromatic rings. The summed E-state index contributed by atoms with van der Waals surface area (Å²) in [6.45, 7) is 29.6. The van der Waals surface area contributed by atoms with Gasteiger partial charge in [0.2, 0.25) is 0 Å². The van der Waals surface area contributed by atoms with E-state index in [9.17, 15) is 0 Å². The van der Waals surface area contributed by atoms with E-state index >= 15 is 0 Å². The highest BCUT2D eigenvalue weighted by Gasteiger charge is 2.28. The van der Waals surface area contributed by atoms with Crippen molar-refractivity contribution in [1.82, 2.24) is 0 Å². The van der Waals surface area contributed by atoms with E-state index in [4.69, 9.17) is 4.74 Å². The summed E-state index contributed by atoms with van der Waals surface area (Å²) in [5, 5.41) is 0. The highest BCUT2D eigenvalue weighted by Crippen LogP contribution is 2.45. The van der Waals surface area contributed by atoms with Gasteiger partial charge in [0.1, 0.15) is 5.75 Å². The van der Waals surface area contributed by atoms with Crippen molar-refractivity contribution >= 4 is 0 Å². The Hall–Kier alpha value is -2.28. The maximum atomic E-state index is 5.79. The summed E-state index contributed by atoms with van der Waals surface area (Å²) >= 11 is 0. The maximum Gasteiger partial charge on any atom is 0.123 e. The molecule has 0 radical (unpaired) electrons. The van der Waals surface area contributed by atoms with Crippen LogP contribution in [0.25, 0.3) is 0 Å². The summed E-state index contributed by atoms with van der Waals surface area (Å²) in [5.74, 6) is 0.945.